The van der Waals surface area contributed by atoms with Gasteiger partial charge in [-0.25, -0.2) is 9.59 Å². The normalized spacial score (nSPS) is 10.6. The number of ether oxygens (including phenoxy) is 1. The van der Waals surface area contributed by atoms with E-state index >= 15 is 0 Å². The molecule has 9 heteroatoms. The molecule has 0 aliphatic rings. The number of rotatable bonds is 7. The molecule has 0 saturated carbocycles. The van der Waals surface area contributed by atoms with E-state index in [1.54, 1.807) is 0 Å². The Morgan fingerprint density at radius 2 is 1.67 bits per heavy atom. The number of carbonyl (C=O) groups is 4. The first-order valence-electron chi connectivity index (χ1n) is 6.28. The first kappa shape index (κ1) is 18.8. The van der Waals surface area contributed by atoms with E-state index in [0.29, 0.717) is 0 Å². The molecule has 0 aromatic rings. The molecule has 0 aromatic carbocycles. The molecule has 0 spiro atoms. The van der Waals surface area contributed by atoms with Gasteiger partial charge in [0.15, 0.2) is 0 Å². The summed E-state index contributed by atoms with van der Waals surface area (Å²) >= 11 is 0. The number of imide groups is 1. The van der Waals surface area contributed by atoms with Crippen molar-refractivity contribution in [3.8, 4) is 0 Å². The number of aliphatic carboxylic acids is 1. The third kappa shape index (κ3) is 12.6. The summed E-state index contributed by atoms with van der Waals surface area (Å²) in [6.45, 7) is 4.41. The first-order chi connectivity index (χ1) is 9.60. The van der Waals surface area contributed by atoms with Crippen molar-refractivity contribution in [1.82, 2.24) is 16.0 Å². The largest absolute Gasteiger partial charge is 0.480 e. The highest BCUT2D eigenvalue weighted by molar-refractivity contribution is 5.95. The monoisotopic (exact) mass is 303 g/mol. The van der Waals surface area contributed by atoms with Crippen molar-refractivity contribution in [2.75, 3.05) is 19.8 Å². The van der Waals surface area contributed by atoms with Crippen LogP contribution in [0, 0.1) is 0 Å². The summed E-state index contributed by atoms with van der Waals surface area (Å²) in [5.41, 5.74) is -0.350. The fourth-order valence-electron chi connectivity index (χ4n) is 1.21. The van der Waals surface area contributed by atoms with Gasteiger partial charge in [0.25, 0.3) is 5.91 Å². The molecule has 0 aliphatic carbocycles. The molecule has 0 aromatic heterocycles. The van der Waals surface area contributed by atoms with Gasteiger partial charge in [-0.2, -0.15) is 0 Å². The second-order valence-corrected chi connectivity index (χ2v) is 5.24. The van der Waals surface area contributed by atoms with Gasteiger partial charge in [0.05, 0.1) is 0 Å². The van der Waals surface area contributed by atoms with Gasteiger partial charge >= 0.3 is 12.0 Å². The van der Waals surface area contributed by atoms with E-state index in [1.165, 1.54) is 0 Å². The van der Waals surface area contributed by atoms with Crippen LogP contribution in [0.4, 0.5) is 4.79 Å². The van der Waals surface area contributed by atoms with Gasteiger partial charge in [0, 0.05) is 18.5 Å². The van der Waals surface area contributed by atoms with E-state index < -0.39 is 31.1 Å². The number of nitrogens with one attached hydrogen (secondary N) is 3. The number of carbonyl (C=O) groups excluding carboxylic acids is 3. The first-order valence-corrected chi connectivity index (χ1v) is 6.28. The molecule has 0 heterocycles. The zero-order valence-electron chi connectivity index (χ0n) is 12.3. The summed E-state index contributed by atoms with van der Waals surface area (Å²) in [6.07, 6.45) is 0.0778. The summed E-state index contributed by atoms with van der Waals surface area (Å²) in [5, 5.41) is 15.3. The maximum absolute atomic E-state index is 11.4. The van der Waals surface area contributed by atoms with Crippen molar-refractivity contribution in [2.45, 2.75) is 32.7 Å². The van der Waals surface area contributed by atoms with Crippen LogP contribution in [-0.4, -0.2) is 54.2 Å². The number of carboxylic acid groups (broad SMARTS) is 1. The second-order valence-electron chi connectivity index (χ2n) is 5.24. The smallest absolute Gasteiger partial charge is 0.329 e. The molecule has 0 saturated heterocycles. The fourth-order valence-corrected chi connectivity index (χ4v) is 1.21. The predicted molar refractivity (Wildman–Crippen MR) is 72.5 cm³/mol. The number of amides is 4. The summed E-state index contributed by atoms with van der Waals surface area (Å²) in [5.74, 6) is -2.20. The molecule has 9 nitrogen and oxygen atoms in total. The van der Waals surface area contributed by atoms with E-state index in [4.69, 9.17) is 5.11 Å². The standard InChI is InChI=1S/C12H21N3O6/c1-12(2,3)15-8(16)4-5-13-11(20)14-9(17)6-21-7-10(18)19/h4-7H2,1-3H3,(H,15,16)(H,18,19)(H2,13,14,17,20). The van der Waals surface area contributed by atoms with Crippen molar-refractivity contribution in [1.29, 1.82) is 0 Å². The van der Waals surface area contributed by atoms with Crippen molar-refractivity contribution in [3.63, 3.8) is 0 Å². The van der Waals surface area contributed by atoms with E-state index in [9.17, 15) is 19.2 Å². The minimum atomic E-state index is -1.21. The Bertz CT molecular complexity index is 402. The van der Waals surface area contributed by atoms with Gasteiger partial charge in [-0.05, 0) is 20.8 Å². The molecule has 0 rings (SSSR count). The highest BCUT2D eigenvalue weighted by Crippen LogP contribution is 1.98. The Morgan fingerprint density at radius 3 is 2.19 bits per heavy atom. The van der Waals surface area contributed by atoms with Gasteiger partial charge in [-0.15, -0.1) is 0 Å². The Labute approximate surface area is 122 Å². The van der Waals surface area contributed by atoms with Crippen LogP contribution in [0.3, 0.4) is 0 Å². The summed E-state index contributed by atoms with van der Waals surface area (Å²) < 4.78 is 4.50. The van der Waals surface area contributed by atoms with Crippen molar-refractivity contribution < 1.29 is 29.0 Å². The van der Waals surface area contributed by atoms with E-state index in [1.807, 2.05) is 26.1 Å². The molecule has 4 amide bonds. The Hall–Kier alpha value is -2.16. The van der Waals surface area contributed by atoms with Crippen LogP contribution in [0.15, 0.2) is 0 Å². The zero-order chi connectivity index (χ0) is 16.5. The van der Waals surface area contributed by atoms with E-state index in [-0.39, 0.29) is 24.4 Å². The van der Waals surface area contributed by atoms with Crippen LogP contribution in [0.25, 0.3) is 0 Å². The third-order valence-electron chi connectivity index (χ3n) is 1.86. The minimum absolute atomic E-state index is 0.0665. The lowest BCUT2D eigenvalue weighted by Gasteiger charge is -2.20. The topological polar surface area (TPSA) is 134 Å². The molecule has 0 unspecified atom stereocenters. The lowest BCUT2D eigenvalue weighted by Crippen LogP contribution is -2.44. The lowest BCUT2D eigenvalue weighted by molar-refractivity contribution is -0.143. The van der Waals surface area contributed by atoms with Crippen LogP contribution in [0.2, 0.25) is 0 Å². The summed E-state index contributed by atoms with van der Waals surface area (Å²) in [6, 6.07) is -0.775. The highest BCUT2D eigenvalue weighted by atomic mass is 16.5. The van der Waals surface area contributed by atoms with Crippen molar-refractivity contribution in [3.05, 3.63) is 0 Å². The molecule has 0 atom stereocenters. The van der Waals surface area contributed by atoms with Gasteiger partial charge < -0.3 is 20.5 Å². The van der Waals surface area contributed by atoms with Crippen molar-refractivity contribution >= 4 is 23.8 Å². The van der Waals surface area contributed by atoms with Crippen LogP contribution in [0.5, 0.6) is 0 Å². The average molecular weight is 303 g/mol. The van der Waals surface area contributed by atoms with Crippen LogP contribution in [-0.2, 0) is 19.1 Å². The Kier molecular flexibility index (Phi) is 7.99. The molecule has 4 N–H and O–H groups in total. The van der Waals surface area contributed by atoms with Crippen molar-refractivity contribution in [2.24, 2.45) is 0 Å². The molecule has 21 heavy (non-hydrogen) atoms. The Balaban J connectivity index is 3.78. The summed E-state index contributed by atoms with van der Waals surface area (Å²) in [7, 11) is 0. The molecule has 0 bridgehead atoms. The van der Waals surface area contributed by atoms with Crippen LogP contribution in [0.1, 0.15) is 27.2 Å². The quantitative estimate of drug-likeness (QED) is 0.487. The van der Waals surface area contributed by atoms with E-state index in [2.05, 4.69) is 15.4 Å². The molecular weight excluding hydrogens is 282 g/mol. The van der Waals surface area contributed by atoms with Gasteiger partial charge in [-0.3, -0.25) is 14.9 Å². The zero-order valence-corrected chi connectivity index (χ0v) is 12.3. The average Bonchev–Trinajstić information content (AvgIpc) is 2.25. The number of hydrogen-bond donors (Lipinski definition) is 4. The van der Waals surface area contributed by atoms with Crippen LogP contribution >= 0.6 is 0 Å². The van der Waals surface area contributed by atoms with Gasteiger partial charge in [-0.1, -0.05) is 0 Å². The Morgan fingerprint density at radius 1 is 1.05 bits per heavy atom. The minimum Gasteiger partial charge on any atom is -0.480 e. The maximum Gasteiger partial charge on any atom is 0.329 e. The fraction of sp³-hybridized carbons (Fsp3) is 0.667. The van der Waals surface area contributed by atoms with Gasteiger partial charge in [0.1, 0.15) is 13.2 Å². The lowest BCUT2D eigenvalue weighted by atomic mass is 10.1. The number of carboxylic acids is 1. The molecule has 0 fully saturated rings. The number of hydrogen-bond acceptors (Lipinski definition) is 5. The van der Waals surface area contributed by atoms with Gasteiger partial charge in [0.2, 0.25) is 5.91 Å². The highest BCUT2D eigenvalue weighted by Gasteiger charge is 2.14. The predicted octanol–water partition coefficient (Wildman–Crippen LogP) is -0.782. The molecular formula is C12H21N3O6. The van der Waals surface area contributed by atoms with E-state index in [0.717, 1.165) is 0 Å². The third-order valence-corrected chi connectivity index (χ3v) is 1.86. The second kappa shape index (κ2) is 8.90. The molecule has 0 radical (unpaired) electrons. The molecule has 120 valence electrons. The number of urea groups is 1. The van der Waals surface area contributed by atoms with Crippen LogP contribution < -0.4 is 16.0 Å². The SMILES string of the molecule is CC(C)(C)NC(=O)CCNC(=O)NC(=O)COCC(=O)O. The maximum atomic E-state index is 11.4. The summed E-state index contributed by atoms with van der Waals surface area (Å²) in [4.78, 5) is 44.0. The molecule has 0 aliphatic heterocycles.